The molecule has 0 unspecified atom stereocenters. The fourth-order valence-corrected chi connectivity index (χ4v) is 3.81. The average Bonchev–Trinajstić information content (AvgIpc) is 3.60. The first-order valence-corrected chi connectivity index (χ1v) is 10.9. The number of thiophene rings is 1. The van der Waals surface area contributed by atoms with Crippen molar-refractivity contribution in [3.63, 3.8) is 0 Å². The van der Waals surface area contributed by atoms with Crippen molar-refractivity contribution in [1.29, 1.82) is 0 Å². The van der Waals surface area contributed by atoms with Crippen molar-refractivity contribution in [2.75, 3.05) is 5.32 Å². The summed E-state index contributed by atoms with van der Waals surface area (Å²) < 4.78 is 11.9. The number of hydrogen-bond acceptors (Lipinski definition) is 8. The molecule has 5 aromatic heterocycles. The van der Waals surface area contributed by atoms with Crippen molar-refractivity contribution < 1.29 is 13.7 Å². The van der Waals surface area contributed by atoms with Gasteiger partial charge in [-0.25, -0.2) is 4.98 Å². The Morgan fingerprint density at radius 3 is 2.79 bits per heavy atom. The molecule has 0 aliphatic heterocycles. The number of H-pyrrole nitrogens is 1. The van der Waals surface area contributed by atoms with Gasteiger partial charge in [0.25, 0.3) is 11.5 Å². The van der Waals surface area contributed by atoms with Crippen molar-refractivity contribution in [3.05, 3.63) is 75.8 Å². The minimum atomic E-state index is -0.516. The fourth-order valence-electron chi connectivity index (χ4n) is 3.13. The van der Waals surface area contributed by atoms with E-state index in [0.717, 1.165) is 4.88 Å². The lowest BCUT2D eigenvalue weighted by Crippen LogP contribution is -2.19. The number of furan rings is 1. The highest BCUT2D eigenvalue weighted by molar-refractivity contribution is 7.13. The third kappa shape index (κ3) is 4.13. The molecule has 33 heavy (non-hydrogen) atoms. The molecule has 10 nitrogen and oxygen atoms in total. The van der Waals surface area contributed by atoms with Crippen molar-refractivity contribution in [3.8, 4) is 28.0 Å². The van der Waals surface area contributed by atoms with E-state index in [9.17, 15) is 9.59 Å². The molecule has 0 bridgehead atoms. The van der Waals surface area contributed by atoms with Crippen molar-refractivity contribution in [1.82, 2.24) is 24.9 Å². The van der Waals surface area contributed by atoms with Crippen LogP contribution in [0.25, 0.3) is 28.0 Å². The summed E-state index contributed by atoms with van der Waals surface area (Å²) in [5.74, 6) is 0.813. The maximum absolute atomic E-state index is 12.9. The van der Waals surface area contributed by atoms with Gasteiger partial charge in [0, 0.05) is 18.2 Å². The summed E-state index contributed by atoms with van der Waals surface area (Å²) in [7, 11) is 0. The van der Waals surface area contributed by atoms with Gasteiger partial charge in [0.15, 0.2) is 11.5 Å². The van der Waals surface area contributed by atoms with Crippen molar-refractivity contribution in [2.45, 2.75) is 19.8 Å². The lowest BCUT2D eigenvalue weighted by molar-refractivity contribution is 0.101. The molecule has 11 heteroatoms. The van der Waals surface area contributed by atoms with E-state index >= 15 is 0 Å². The maximum Gasteiger partial charge on any atom is 0.279 e. The van der Waals surface area contributed by atoms with Gasteiger partial charge in [-0.2, -0.15) is 9.78 Å². The second kappa shape index (κ2) is 8.36. The zero-order valence-electron chi connectivity index (χ0n) is 17.6. The lowest BCUT2D eigenvalue weighted by Gasteiger charge is -2.09. The number of hydrogen-bond donors (Lipinski definition) is 2. The molecule has 5 rings (SSSR count). The summed E-state index contributed by atoms with van der Waals surface area (Å²) in [6.07, 6.45) is 1.50. The number of anilines is 1. The van der Waals surface area contributed by atoms with Gasteiger partial charge in [-0.3, -0.25) is 14.6 Å². The van der Waals surface area contributed by atoms with Crippen LogP contribution in [0.4, 0.5) is 5.82 Å². The van der Waals surface area contributed by atoms with E-state index in [1.807, 2.05) is 31.4 Å². The quantitative estimate of drug-likeness (QED) is 0.384. The Hall–Kier alpha value is -4.25. The number of nitrogens with one attached hydrogen (secondary N) is 2. The number of nitrogens with zero attached hydrogens (tertiary/aromatic N) is 4. The monoisotopic (exact) mass is 462 g/mol. The minimum absolute atomic E-state index is 0.0339. The zero-order valence-corrected chi connectivity index (χ0v) is 18.4. The summed E-state index contributed by atoms with van der Waals surface area (Å²) in [6, 6.07) is 11.9. The second-order valence-corrected chi connectivity index (χ2v) is 8.41. The van der Waals surface area contributed by atoms with Gasteiger partial charge in [0.05, 0.1) is 16.8 Å². The first-order chi connectivity index (χ1) is 16.0. The van der Waals surface area contributed by atoms with E-state index in [-0.39, 0.29) is 23.1 Å². The van der Waals surface area contributed by atoms with Crippen molar-refractivity contribution >= 4 is 23.1 Å². The highest BCUT2D eigenvalue weighted by atomic mass is 32.1. The molecule has 1 amide bonds. The van der Waals surface area contributed by atoms with Crippen LogP contribution >= 0.6 is 11.3 Å². The molecule has 5 aromatic rings. The highest BCUT2D eigenvalue weighted by Gasteiger charge is 2.20. The van der Waals surface area contributed by atoms with E-state index in [1.165, 1.54) is 34.4 Å². The molecule has 0 radical (unpaired) electrons. The number of aromatic nitrogens is 5. The van der Waals surface area contributed by atoms with Gasteiger partial charge in [0.1, 0.15) is 11.5 Å². The van der Waals surface area contributed by atoms with Crippen LogP contribution in [0.5, 0.6) is 0 Å². The van der Waals surface area contributed by atoms with Crippen LogP contribution in [0.1, 0.15) is 35.9 Å². The average molecular weight is 462 g/mol. The van der Waals surface area contributed by atoms with Crippen LogP contribution < -0.4 is 10.9 Å². The van der Waals surface area contributed by atoms with Crippen LogP contribution in [0, 0.1) is 0 Å². The summed E-state index contributed by atoms with van der Waals surface area (Å²) in [6.45, 7) is 3.88. The Balaban J connectivity index is 1.53. The molecular weight excluding hydrogens is 444 g/mol. The number of aromatic amines is 1. The summed E-state index contributed by atoms with van der Waals surface area (Å²) in [4.78, 5) is 33.3. The van der Waals surface area contributed by atoms with Crippen LogP contribution in [0.2, 0.25) is 0 Å². The summed E-state index contributed by atoms with van der Waals surface area (Å²) >= 11 is 1.50. The standard InChI is InChI=1S/C22H18N6O4S/c1-12(2)13-11-20(29)25-22(23-13)28-19(10-14(26-28)18-6-4-8-33-18)24-21(30)15-9-17(32-27-15)16-5-3-7-31-16/h3-12H,1-2H3,(H,24,30)(H,23,25,29). The predicted octanol–water partition coefficient (Wildman–Crippen LogP) is 4.31. The van der Waals surface area contributed by atoms with Crippen molar-refractivity contribution in [2.24, 2.45) is 0 Å². The van der Waals surface area contributed by atoms with E-state index in [0.29, 0.717) is 28.7 Å². The van der Waals surface area contributed by atoms with E-state index < -0.39 is 5.91 Å². The van der Waals surface area contributed by atoms with Crippen LogP contribution in [0.3, 0.4) is 0 Å². The van der Waals surface area contributed by atoms with Gasteiger partial charge >= 0.3 is 0 Å². The van der Waals surface area contributed by atoms with E-state index in [4.69, 9.17) is 8.94 Å². The van der Waals surface area contributed by atoms with Crippen LogP contribution in [-0.2, 0) is 0 Å². The molecule has 0 aliphatic carbocycles. The fraction of sp³-hybridized carbons (Fsp3) is 0.136. The van der Waals surface area contributed by atoms with Gasteiger partial charge in [0.2, 0.25) is 11.7 Å². The Morgan fingerprint density at radius 2 is 2.06 bits per heavy atom. The van der Waals surface area contributed by atoms with Gasteiger partial charge < -0.3 is 14.3 Å². The largest absolute Gasteiger partial charge is 0.461 e. The smallest absolute Gasteiger partial charge is 0.279 e. The molecule has 0 aliphatic rings. The number of carbonyl (C=O) groups is 1. The van der Waals surface area contributed by atoms with Gasteiger partial charge in [-0.1, -0.05) is 25.1 Å². The molecule has 0 atom stereocenters. The Morgan fingerprint density at radius 1 is 1.18 bits per heavy atom. The predicted molar refractivity (Wildman–Crippen MR) is 122 cm³/mol. The molecule has 166 valence electrons. The van der Waals surface area contributed by atoms with E-state index in [2.05, 4.69) is 25.5 Å². The molecule has 0 aromatic carbocycles. The first kappa shape index (κ1) is 20.6. The first-order valence-electron chi connectivity index (χ1n) is 10.1. The van der Waals surface area contributed by atoms with Crippen LogP contribution in [0.15, 0.2) is 67.8 Å². The van der Waals surface area contributed by atoms with E-state index in [1.54, 1.807) is 18.2 Å². The number of carbonyl (C=O) groups excluding carboxylic acids is 1. The summed E-state index contributed by atoms with van der Waals surface area (Å²) in [5, 5.41) is 13.1. The lowest BCUT2D eigenvalue weighted by atomic mass is 10.1. The Bertz CT molecular complexity index is 1460. The molecule has 2 N–H and O–H groups in total. The number of amides is 1. The van der Waals surface area contributed by atoms with Crippen LogP contribution in [-0.4, -0.2) is 30.8 Å². The second-order valence-electron chi connectivity index (χ2n) is 7.46. The third-order valence-electron chi connectivity index (χ3n) is 4.77. The normalized spacial score (nSPS) is 11.2. The molecule has 0 spiro atoms. The zero-order chi connectivity index (χ0) is 22.9. The number of rotatable bonds is 6. The maximum atomic E-state index is 12.9. The molecular formula is C22H18N6O4S. The SMILES string of the molecule is CC(C)c1cc(=O)[nH]c(-n2nc(-c3cccs3)cc2NC(=O)c2cc(-c3ccco3)on2)n1. The van der Waals surface area contributed by atoms with Gasteiger partial charge in [-0.05, 0) is 29.5 Å². The molecule has 0 fully saturated rings. The Kier molecular flexibility index (Phi) is 5.23. The molecule has 0 saturated heterocycles. The third-order valence-corrected chi connectivity index (χ3v) is 5.66. The molecule has 0 saturated carbocycles. The molecule has 5 heterocycles. The Labute approximate surface area is 190 Å². The summed E-state index contributed by atoms with van der Waals surface area (Å²) in [5.41, 5.74) is 0.978. The highest BCUT2D eigenvalue weighted by Crippen LogP contribution is 2.28. The minimum Gasteiger partial charge on any atom is -0.461 e. The topological polar surface area (TPSA) is 132 Å². The van der Waals surface area contributed by atoms with Gasteiger partial charge in [-0.15, -0.1) is 11.3 Å².